The number of carboxylic acid groups (broad SMARTS) is 2. The number of hydrogen-bond acceptors (Lipinski definition) is 5. The van der Waals surface area contributed by atoms with Crippen LogP contribution in [0.15, 0.2) is 18.3 Å². The molecule has 10 heteroatoms. The summed E-state index contributed by atoms with van der Waals surface area (Å²) < 4.78 is 31.7. The molecule has 1 aromatic heterocycles. The maximum Gasteiger partial charge on any atom is 0.490 e. The fourth-order valence-corrected chi connectivity index (χ4v) is 3.03. The van der Waals surface area contributed by atoms with Crippen LogP contribution >= 0.6 is 0 Å². The van der Waals surface area contributed by atoms with Crippen LogP contribution < -0.4 is 4.90 Å². The van der Waals surface area contributed by atoms with Crippen LogP contribution in [-0.2, 0) is 4.79 Å². The van der Waals surface area contributed by atoms with Crippen molar-refractivity contribution in [1.82, 2.24) is 9.88 Å². The van der Waals surface area contributed by atoms with Crippen molar-refractivity contribution in [3.8, 4) is 0 Å². The number of halogens is 3. The molecule has 1 saturated heterocycles. The molecule has 0 atom stereocenters. The first-order valence-corrected chi connectivity index (χ1v) is 8.35. The van der Waals surface area contributed by atoms with Crippen LogP contribution in [0.2, 0.25) is 0 Å². The average Bonchev–Trinajstić information content (AvgIpc) is 2.61. The number of carboxylic acids is 2. The van der Waals surface area contributed by atoms with Crippen LogP contribution in [0, 0.1) is 0 Å². The number of alkyl halides is 3. The second kappa shape index (κ2) is 9.03. The molecule has 27 heavy (non-hydrogen) atoms. The van der Waals surface area contributed by atoms with Gasteiger partial charge in [0.25, 0.3) is 0 Å². The van der Waals surface area contributed by atoms with Gasteiger partial charge in [-0.15, -0.1) is 0 Å². The van der Waals surface area contributed by atoms with Gasteiger partial charge >= 0.3 is 18.1 Å². The Bertz CT molecular complexity index is 657. The number of aliphatic carboxylic acids is 1. The van der Waals surface area contributed by atoms with Gasteiger partial charge in [0.2, 0.25) is 0 Å². The van der Waals surface area contributed by atoms with Crippen molar-refractivity contribution < 1.29 is 33.0 Å². The number of carbonyl (C=O) groups is 2. The Morgan fingerprint density at radius 2 is 1.78 bits per heavy atom. The van der Waals surface area contributed by atoms with Gasteiger partial charge in [-0.2, -0.15) is 13.2 Å². The average molecular weight is 391 g/mol. The minimum absolute atomic E-state index is 0.113. The lowest BCUT2D eigenvalue weighted by molar-refractivity contribution is -0.192. The van der Waals surface area contributed by atoms with E-state index < -0.39 is 18.1 Å². The standard InChI is InChI=1S/C15H23N3O2.C2HF3O2/c1-4-15(17(2)3)6-9-18(10-7-15)12-5-8-16-13(11-12)14(19)20;3-2(4,5)1(6)7/h5,8,11H,4,6-7,9-10H2,1-3H3,(H,19,20);(H,6,7). The van der Waals surface area contributed by atoms with Gasteiger partial charge in [-0.1, -0.05) is 6.92 Å². The molecule has 1 aromatic rings. The zero-order valence-electron chi connectivity index (χ0n) is 15.5. The van der Waals surface area contributed by atoms with Crippen LogP contribution in [0.3, 0.4) is 0 Å². The second-order valence-corrected chi connectivity index (χ2v) is 6.47. The summed E-state index contributed by atoms with van der Waals surface area (Å²) in [7, 11) is 4.29. The highest BCUT2D eigenvalue weighted by molar-refractivity contribution is 5.86. The van der Waals surface area contributed by atoms with Crippen molar-refractivity contribution in [1.29, 1.82) is 0 Å². The van der Waals surface area contributed by atoms with Gasteiger partial charge in [-0.25, -0.2) is 14.6 Å². The number of rotatable bonds is 4. The Balaban J connectivity index is 0.000000445. The molecule has 0 spiro atoms. The molecule has 0 aromatic carbocycles. The zero-order chi connectivity index (χ0) is 20.8. The van der Waals surface area contributed by atoms with E-state index in [2.05, 4.69) is 35.8 Å². The van der Waals surface area contributed by atoms with E-state index in [1.807, 2.05) is 6.07 Å². The van der Waals surface area contributed by atoms with E-state index in [4.69, 9.17) is 15.0 Å². The maximum absolute atomic E-state index is 11.0. The van der Waals surface area contributed by atoms with Crippen LogP contribution in [0.5, 0.6) is 0 Å². The molecule has 0 unspecified atom stereocenters. The summed E-state index contributed by atoms with van der Waals surface area (Å²) in [6, 6.07) is 3.55. The lowest BCUT2D eigenvalue weighted by Crippen LogP contribution is -2.52. The van der Waals surface area contributed by atoms with Gasteiger partial charge in [-0.05, 0) is 45.5 Å². The Morgan fingerprint density at radius 1 is 1.26 bits per heavy atom. The third-order valence-corrected chi connectivity index (χ3v) is 4.87. The zero-order valence-corrected chi connectivity index (χ0v) is 15.5. The van der Waals surface area contributed by atoms with Crippen molar-refractivity contribution in [2.24, 2.45) is 0 Å². The van der Waals surface area contributed by atoms with Gasteiger partial charge in [0, 0.05) is 30.5 Å². The number of aromatic nitrogens is 1. The van der Waals surface area contributed by atoms with E-state index in [0.29, 0.717) is 0 Å². The Hall–Kier alpha value is -2.36. The van der Waals surface area contributed by atoms with E-state index in [9.17, 15) is 18.0 Å². The first-order chi connectivity index (χ1) is 12.4. The number of anilines is 1. The number of piperidine rings is 1. The minimum atomic E-state index is -5.08. The van der Waals surface area contributed by atoms with Gasteiger partial charge in [-0.3, -0.25) is 0 Å². The normalized spacial score (nSPS) is 16.5. The van der Waals surface area contributed by atoms with Gasteiger partial charge in [0.15, 0.2) is 0 Å². The molecule has 0 aliphatic carbocycles. The molecule has 152 valence electrons. The summed E-state index contributed by atoms with van der Waals surface area (Å²) in [6.45, 7) is 4.15. The predicted octanol–water partition coefficient (Wildman–Crippen LogP) is 2.72. The fourth-order valence-electron chi connectivity index (χ4n) is 3.03. The van der Waals surface area contributed by atoms with Crippen LogP contribution in [0.1, 0.15) is 36.7 Å². The molecule has 1 aliphatic heterocycles. The van der Waals surface area contributed by atoms with Crippen LogP contribution in [-0.4, -0.2) is 70.9 Å². The highest BCUT2D eigenvalue weighted by atomic mass is 19.4. The van der Waals surface area contributed by atoms with Crippen molar-refractivity contribution in [2.45, 2.75) is 37.9 Å². The Morgan fingerprint density at radius 3 is 2.15 bits per heavy atom. The largest absolute Gasteiger partial charge is 0.490 e. The number of pyridine rings is 1. The molecule has 0 bridgehead atoms. The molecule has 7 nitrogen and oxygen atoms in total. The van der Waals surface area contributed by atoms with E-state index in [1.165, 1.54) is 0 Å². The third-order valence-electron chi connectivity index (χ3n) is 4.87. The molecule has 2 N–H and O–H groups in total. The molecule has 0 amide bonds. The molecule has 0 radical (unpaired) electrons. The van der Waals surface area contributed by atoms with Crippen LogP contribution in [0.25, 0.3) is 0 Å². The highest BCUT2D eigenvalue weighted by Gasteiger charge is 2.38. The van der Waals surface area contributed by atoms with Gasteiger partial charge in [0.1, 0.15) is 5.69 Å². The smallest absolute Gasteiger partial charge is 0.477 e. The van der Waals surface area contributed by atoms with E-state index in [1.54, 1.807) is 12.3 Å². The van der Waals surface area contributed by atoms with Crippen molar-refractivity contribution in [3.05, 3.63) is 24.0 Å². The monoisotopic (exact) mass is 391 g/mol. The van der Waals surface area contributed by atoms with Gasteiger partial charge in [0.05, 0.1) is 0 Å². The predicted molar refractivity (Wildman–Crippen MR) is 93.0 cm³/mol. The molecule has 1 fully saturated rings. The van der Waals surface area contributed by atoms with Crippen LogP contribution in [0.4, 0.5) is 18.9 Å². The summed E-state index contributed by atoms with van der Waals surface area (Å²) in [4.78, 5) is 28.3. The van der Waals surface area contributed by atoms with E-state index in [0.717, 1.165) is 38.0 Å². The minimum Gasteiger partial charge on any atom is -0.477 e. The lowest BCUT2D eigenvalue weighted by atomic mass is 9.83. The number of nitrogens with zero attached hydrogens (tertiary/aromatic N) is 3. The number of aromatic carboxylic acids is 1. The summed E-state index contributed by atoms with van der Waals surface area (Å²) in [5, 5.41) is 16.1. The SMILES string of the molecule is CCC1(N(C)C)CCN(c2ccnc(C(=O)O)c2)CC1.O=C(O)C(F)(F)F. The highest BCUT2D eigenvalue weighted by Crippen LogP contribution is 2.32. The fraction of sp³-hybridized carbons (Fsp3) is 0.588. The summed E-state index contributed by atoms with van der Waals surface area (Å²) in [5.74, 6) is -3.73. The first-order valence-electron chi connectivity index (χ1n) is 8.35. The Labute approximate surface area is 155 Å². The summed E-state index contributed by atoms with van der Waals surface area (Å²) >= 11 is 0. The molecule has 2 heterocycles. The molecule has 2 rings (SSSR count). The van der Waals surface area contributed by atoms with Crippen molar-refractivity contribution >= 4 is 17.6 Å². The first kappa shape index (κ1) is 22.7. The summed E-state index contributed by atoms with van der Waals surface area (Å²) in [5.41, 5.74) is 1.35. The molecule has 1 aliphatic rings. The topological polar surface area (TPSA) is 94.0 Å². The summed E-state index contributed by atoms with van der Waals surface area (Å²) in [6.07, 6.45) is -0.167. The molecular weight excluding hydrogens is 367 g/mol. The quantitative estimate of drug-likeness (QED) is 0.815. The van der Waals surface area contributed by atoms with Crippen molar-refractivity contribution in [2.75, 3.05) is 32.1 Å². The van der Waals surface area contributed by atoms with Gasteiger partial charge < -0.3 is 20.0 Å². The van der Waals surface area contributed by atoms with E-state index >= 15 is 0 Å². The maximum atomic E-state index is 11.0. The Kier molecular flexibility index (Phi) is 7.58. The molecule has 0 saturated carbocycles. The third kappa shape index (κ3) is 6.09. The lowest BCUT2D eigenvalue weighted by Gasteiger charge is -2.46. The number of hydrogen-bond donors (Lipinski definition) is 2. The van der Waals surface area contributed by atoms with E-state index in [-0.39, 0.29) is 11.2 Å². The van der Waals surface area contributed by atoms with Crippen molar-refractivity contribution in [3.63, 3.8) is 0 Å². The molecular formula is C17H24F3N3O4. The second-order valence-electron chi connectivity index (χ2n) is 6.47.